The first-order valence-electron chi connectivity index (χ1n) is 0. The summed E-state index contributed by atoms with van der Waals surface area (Å²) in [5.41, 5.74) is 0. The van der Waals surface area contributed by atoms with Gasteiger partial charge in [-0.3, -0.25) is 0 Å². The fourth-order valence-corrected chi connectivity index (χ4v) is 0. The third kappa shape index (κ3) is 9.21. The van der Waals surface area contributed by atoms with Crippen LogP contribution in [0.25, 0.3) is 0 Å². The molecule has 1 nitrogen and oxygen atoms in total. The Morgan fingerprint density at radius 3 is 1.00 bits per heavy atom. The van der Waals surface area contributed by atoms with Gasteiger partial charge in [0.15, 0.2) is 17.4 Å². The predicted molar refractivity (Wildman–Crippen MR) is 15.0 cm³/mol. The van der Waals surface area contributed by atoms with Gasteiger partial charge in [0.1, 0.15) is 0 Å². The van der Waals surface area contributed by atoms with Gasteiger partial charge in [0.05, 0.1) is 0 Å². The SMILES string of the molecule is N.[AlH3].[Ti].[V]. The van der Waals surface area contributed by atoms with E-state index >= 15 is 0 Å². The molecule has 0 spiro atoms. The van der Waals surface area contributed by atoms with Gasteiger partial charge in [0.2, 0.25) is 0 Å². The van der Waals surface area contributed by atoms with Crippen LogP contribution in [0, 0.1) is 0 Å². The Bertz CT molecular complexity index is 8.00. The maximum Gasteiger partial charge on any atom is 0.187 e. The number of hydrogen-bond acceptors (Lipinski definition) is 1. The molecule has 3 N–H and O–H groups in total. The predicted octanol–water partition coefficient (Wildman–Crippen LogP) is -1.03. The van der Waals surface area contributed by atoms with E-state index in [0.29, 0.717) is 0 Å². The third-order valence-corrected chi connectivity index (χ3v) is 0. The summed E-state index contributed by atoms with van der Waals surface area (Å²) in [6, 6.07) is 0. The van der Waals surface area contributed by atoms with Crippen molar-refractivity contribution in [2.45, 2.75) is 0 Å². The number of rotatable bonds is 0. The monoisotopic (exact) mass is 146 g/mol. The molecule has 0 aliphatic carbocycles. The summed E-state index contributed by atoms with van der Waals surface area (Å²) < 4.78 is 0. The van der Waals surface area contributed by atoms with E-state index in [1.165, 1.54) is 0 Å². The molecule has 0 unspecified atom stereocenters. The first-order valence-corrected chi connectivity index (χ1v) is 0. The van der Waals surface area contributed by atoms with E-state index in [-0.39, 0.29) is 63.8 Å². The zero-order valence-electron chi connectivity index (χ0n) is 1.65. The topological polar surface area (TPSA) is 35.0 Å². The molecule has 0 heterocycles. The quantitative estimate of drug-likeness (QED) is 0.435. The van der Waals surface area contributed by atoms with Gasteiger partial charge in [-0.25, -0.2) is 0 Å². The van der Waals surface area contributed by atoms with Crippen LogP contribution in [0.2, 0.25) is 0 Å². The van der Waals surface area contributed by atoms with Crippen LogP contribution >= 0.6 is 0 Å². The van der Waals surface area contributed by atoms with Gasteiger partial charge < -0.3 is 6.15 Å². The average Bonchev–Trinajstić information content (AvgIpc) is 0. The van der Waals surface area contributed by atoms with Crippen LogP contribution in [0.1, 0.15) is 0 Å². The molecule has 4 heavy (non-hydrogen) atoms. The Labute approximate surface area is 63.4 Å². The van der Waals surface area contributed by atoms with Crippen molar-refractivity contribution in [3.63, 3.8) is 0 Å². The Balaban J connectivity index is 0. The first-order chi connectivity index (χ1) is 0. The molecule has 0 aliphatic heterocycles. The van der Waals surface area contributed by atoms with Crippen LogP contribution in [-0.2, 0) is 40.3 Å². The Morgan fingerprint density at radius 2 is 1.00 bits per heavy atom. The molecular formula is H6AlNTiV. The molecule has 0 saturated carbocycles. The van der Waals surface area contributed by atoms with Gasteiger partial charge in [-0.1, -0.05) is 0 Å². The summed E-state index contributed by atoms with van der Waals surface area (Å²) in [7, 11) is 0. The molecule has 0 aromatic carbocycles. The van der Waals surface area contributed by atoms with Crippen molar-refractivity contribution in [3.05, 3.63) is 0 Å². The van der Waals surface area contributed by atoms with E-state index < -0.39 is 0 Å². The molecule has 0 atom stereocenters. The molecule has 23 valence electrons. The van der Waals surface area contributed by atoms with E-state index in [1.54, 1.807) is 0 Å². The third-order valence-electron chi connectivity index (χ3n) is 0. The van der Waals surface area contributed by atoms with Crippen LogP contribution in [-0.4, -0.2) is 17.4 Å². The molecule has 0 aromatic heterocycles. The molecule has 0 bridgehead atoms. The molecule has 0 fully saturated rings. The van der Waals surface area contributed by atoms with E-state index in [1.807, 2.05) is 0 Å². The Kier molecular flexibility index (Phi) is 222. The molecule has 0 rings (SSSR count). The summed E-state index contributed by atoms with van der Waals surface area (Å²) >= 11 is 0. The Morgan fingerprint density at radius 1 is 1.00 bits per heavy atom. The molecule has 0 aromatic rings. The van der Waals surface area contributed by atoms with Crippen molar-refractivity contribution in [1.29, 1.82) is 0 Å². The molecule has 4 heteroatoms. The average molecular weight is 146 g/mol. The minimum atomic E-state index is 0. The molecule has 0 saturated heterocycles. The smallest absolute Gasteiger partial charge is 0.187 e. The van der Waals surface area contributed by atoms with E-state index in [4.69, 9.17) is 0 Å². The van der Waals surface area contributed by atoms with Crippen molar-refractivity contribution >= 4 is 17.4 Å². The maximum atomic E-state index is 0. The summed E-state index contributed by atoms with van der Waals surface area (Å²) in [4.78, 5) is 0. The molecule has 0 amide bonds. The van der Waals surface area contributed by atoms with Gasteiger partial charge in [-0.05, 0) is 0 Å². The second-order valence-corrected chi connectivity index (χ2v) is 0. The Hall–Kier alpha value is 1.79. The van der Waals surface area contributed by atoms with Crippen LogP contribution in [0.5, 0.6) is 0 Å². The maximum absolute atomic E-state index is 0. The van der Waals surface area contributed by atoms with Crippen molar-refractivity contribution in [3.8, 4) is 0 Å². The van der Waals surface area contributed by atoms with E-state index in [0.717, 1.165) is 0 Å². The summed E-state index contributed by atoms with van der Waals surface area (Å²) in [6.07, 6.45) is 0. The second-order valence-electron chi connectivity index (χ2n) is 0. The van der Waals surface area contributed by atoms with Gasteiger partial charge in [0, 0.05) is 40.3 Å². The normalized spacial score (nSPS) is 0. The zero-order chi connectivity index (χ0) is 0. The molecule has 0 aliphatic rings. The fraction of sp³-hybridized carbons (Fsp3) is 0. The van der Waals surface area contributed by atoms with E-state index in [9.17, 15) is 0 Å². The summed E-state index contributed by atoms with van der Waals surface area (Å²) in [6.45, 7) is 0. The van der Waals surface area contributed by atoms with Crippen LogP contribution in [0.15, 0.2) is 0 Å². The largest absolute Gasteiger partial charge is 0.344 e. The van der Waals surface area contributed by atoms with Gasteiger partial charge in [-0.15, -0.1) is 0 Å². The van der Waals surface area contributed by atoms with Crippen LogP contribution in [0.4, 0.5) is 0 Å². The molecular weight excluding hydrogens is 140 g/mol. The minimum Gasteiger partial charge on any atom is -0.344 e. The van der Waals surface area contributed by atoms with Crippen molar-refractivity contribution in [2.75, 3.05) is 0 Å². The van der Waals surface area contributed by atoms with Crippen molar-refractivity contribution in [2.24, 2.45) is 0 Å². The minimum absolute atomic E-state index is 0. The standard InChI is InChI=1S/Al.H3N.Ti.V.3H/h;1H3;;;;;. The van der Waals surface area contributed by atoms with Gasteiger partial charge in [-0.2, -0.15) is 0 Å². The van der Waals surface area contributed by atoms with Gasteiger partial charge >= 0.3 is 0 Å². The van der Waals surface area contributed by atoms with Crippen LogP contribution < -0.4 is 6.15 Å². The fourth-order valence-electron chi connectivity index (χ4n) is 0. The van der Waals surface area contributed by atoms with Crippen LogP contribution in [0.3, 0.4) is 0 Å². The number of hydrogen-bond donors (Lipinski definition) is 1. The van der Waals surface area contributed by atoms with Crippen molar-refractivity contribution < 1.29 is 40.3 Å². The van der Waals surface area contributed by atoms with Gasteiger partial charge in [0.25, 0.3) is 0 Å². The zero-order valence-corrected chi connectivity index (χ0v) is 4.61. The molecule has 1 radical (unpaired) electrons. The summed E-state index contributed by atoms with van der Waals surface area (Å²) in [5.74, 6) is 0. The van der Waals surface area contributed by atoms with E-state index in [2.05, 4.69) is 0 Å². The summed E-state index contributed by atoms with van der Waals surface area (Å²) in [5, 5.41) is 0. The second kappa shape index (κ2) is 21.5. The van der Waals surface area contributed by atoms with Crippen molar-refractivity contribution in [1.82, 2.24) is 6.15 Å². The first kappa shape index (κ1) is 41.4.